The molecule has 3 nitrogen and oxygen atoms in total. The van der Waals surface area contributed by atoms with Crippen molar-refractivity contribution >= 4 is 0 Å². The van der Waals surface area contributed by atoms with Gasteiger partial charge >= 0.3 is 0 Å². The van der Waals surface area contributed by atoms with Gasteiger partial charge in [0.25, 0.3) is 0 Å². The van der Waals surface area contributed by atoms with Crippen molar-refractivity contribution in [1.82, 2.24) is 4.90 Å². The minimum atomic E-state index is -0.0715. The number of piperidine rings is 1. The largest absolute Gasteiger partial charge is 0.377 e. The number of likely N-dealkylation sites (tertiary alicyclic amines) is 1. The van der Waals surface area contributed by atoms with E-state index in [1.807, 2.05) is 0 Å². The second-order valence-electron chi connectivity index (χ2n) is 8.10. The zero-order valence-corrected chi connectivity index (χ0v) is 13.7. The first-order valence-electron chi connectivity index (χ1n) is 8.54. The molecule has 3 unspecified atom stereocenters. The van der Waals surface area contributed by atoms with Gasteiger partial charge in [0.15, 0.2) is 0 Å². The van der Waals surface area contributed by atoms with E-state index in [1.54, 1.807) is 0 Å². The van der Waals surface area contributed by atoms with Crippen molar-refractivity contribution in [3.05, 3.63) is 0 Å². The van der Waals surface area contributed by atoms with Crippen LogP contribution in [0.4, 0.5) is 0 Å². The summed E-state index contributed by atoms with van der Waals surface area (Å²) in [4.78, 5) is 2.68. The number of hydrogen-bond acceptors (Lipinski definition) is 3. The number of nitrogens with two attached hydrogens (primary N) is 1. The van der Waals surface area contributed by atoms with Crippen LogP contribution >= 0.6 is 0 Å². The van der Waals surface area contributed by atoms with Crippen LogP contribution in [0.15, 0.2) is 0 Å². The van der Waals surface area contributed by atoms with Crippen LogP contribution in [0.1, 0.15) is 59.8 Å². The Morgan fingerprint density at radius 3 is 2.40 bits per heavy atom. The molecule has 1 saturated carbocycles. The number of fused-ring (bicyclic) bond motifs is 1. The summed E-state index contributed by atoms with van der Waals surface area (Å²) in [5.41, 5.74) is 7.00. The zero-order chi connectivity index (χ0) is 14.5. The van der Waals surface area contributed by atoms with Gasteiger partial charge in [-0.3, -0.25) is 4.90 Å². The van der Waals surface area contributed by atoms with Gasteiger partial charge < -0.3 is 10.5 Å². The maximum absolute atomic E-state index is 6.97. The Hall–Kier alpha value is -0.120. The van der Waals surface area contributed by atoms with Crippen LogP contribution in [0.3, 0.4) is 0 Å². The van der Waals surface area contributed by atoms with E-state index in [-0.39, 0.29) is 11.0 Å². The smallest absolute Gasteiger partial charge is 0.0690 e. The van der Waals surface area contributed by atoms with Crippen LogP contribution in [-0.2, 0) is 4.74 Å². The maximum Gasteiger partial charge on any atom is 0.0690 e. The molecule has 0 bridgehead atoms. The van der Waals surface area contributed by atoms with Crippen LogP contribution in [0.25, 0.3) is 0 Å². The predicted molar refractivity (Wildman–Crippen MR) is 82.6 cm³/mol. The van der Waals surface area contributed by atoms with Crippen molar-refractivity contribution in [3.63, 3.8) is 0 Å². The molecule has 0 aromatic rings. The van der Waals surface area contributed by atoms with Crippen LogP contribution in [0.5, 0.6) is 0 Å². The molecule has 0 amide bonds. The lowest BCUT2D eigenvalue weighted by atomic mass is 9.46. The predicted octanol–water partition coefficient (Wildman–Crippen LogP) is 2.78. The molecule has 2 N–H and O–H groups in total. The average molecular weight is 280 g/mol. The first-order valence-corrected chi connectivity index (χ1v) is 8.54. The fraction of sp³-hybridized carbons (Fsp3) is 1.00. The third kappa shape index (κ3) is 1.97. The lowest BCUT2D eigenvalue weighted by Gasteiger charge is -2.68. The van der Waals surface area contributed by atoms with Crippen molar-refractivity contribution in [2.75, 3.05) is 13.2 Å². The van der Waals surface area contributed by atoms with Gasteiger partial charge in [-0.05, 0) is 39.5 Å². The summed E-state index contributed by atoms with van der Waals surface area (Å²) in [7, 11) is 0. The highest BCUT2D eigenvalue weighted by Crippen LogP contribution is 2.57. The molecule has 2 aliphatic heterocycles. The molecule has 20 heavy (non-hydrogen) atoms. The minimum absolute atomic E-state index is 0.0715. The Kier molecular flexibility index (Phi) is 3.67. The van der Waals surface area contributed by atoms with Crippen molar-refractivity contribution in [2.45, 2.75) is 83.5 Å². The summed E-state index contributed by atoms with van der Waals surface area (Å²) in [6, 6.07) is 1.36. The van der Waals surface area contributed by atoms with E-state index >= 15 is 0 Å². The molecule has 116 valence electrons. The van der Waals surface area contributed by atoms with Gasteiger partial charge in [0, 0.05) is 42.1 Å². The highest BCUT2D eigenvalue weighted by molar-refractivity contribution is 5.21. The quantitative estimate of drug-likeness (QED) is 0.845. The van der Waals surface area contributed by atoms with Crippen molar-refractivity contribution in [1.29, 1.82) is 0 Å². The molecule has 0 aromatic heterocycles. The number of ether oxygens (including phenoxy) is 1. The van der Waals surface area contributed by atoms with Crippen molar-refractivity contribution < 1.29 is 4.74 Å². The fourth-order valence-electron chi connectivity index (χ4n) is 5.08. The minimum Gasteiger partial charge on any atom is -0.377 e. The number of rotatable bonds is 2. The van der Waals surface area contributed by atoms with E-state index in [9.17, 15) is 0 Å². The SMILES string of the molecule is C[C@@H]1CCC[C@H](C)N1CC1(N)C2CCCOC2C1(C)C. The average Bonchev–Trinajstić information content (AvgIpc) is 2.43. The van der Waals surface area contributed by atoms with Crippen LogP contribution in [0, 0.1) is 11.3 Å². The van der Waals surface area contributed by atoms with Gasteiger partial charge in [-0.15, -0.1) is 0 Å². The highest BCUT2D eigenvalue weighted by Gasteiger charge is 2.66. The normalized spacial score (nSPS) is 48.5. The van der Waals surface area contributed by atoms with Crippen LogP contribution < -0.4 is 5.73 Å². The van der Waals surface area contributed by atoms with E-state index in [0.29, 0.717) is 24.1 Å². The Morgan fingerprint density at radius 1 is 1.10 bits per heavy atom. The topological polar surface area (TPSA) is 38.5 Å². The van der Waals surface area contributed by atoms with Gasteiger partial charge in [-0.1, -0.05) is 20.3 Å². The Labute approximate surface area is 124 Å². The van der Waals surface area contributed by atoms with E-state index in [2.05, 4.69) is 32.6 Å². The standard InChI is InChI=1S/C17H32N2O/c1-12-7-5-8-13(2)19(12)11-17(18)14-9-6-10-20-15(14)16(17,3)4/h12-15H,5-11,18H2,1-4H3/t12-,13+,14?,15?,17?. The van der Waals surface area contributed by atoms with E-state index in [0.717, 1.165) is 13.2 Å². The Morgan fingerprint density at radius 2 is 1.75 bits per heavy atom. The molecule has 3 aliphatic rings. The molecule has 0 spiro atoms. The molecular formula is C17H32N2O. The van der Waals surface area contributed by atoms with Crippen molar-refractivity contribution in [3.8, 4) is 0 Å². The summed E-state index contributed by atoms with van der Waals surface area (Å²) in [6.45, 7) is 11.4. The summed E-state index contributed by atoms with van der Waals surface area (Å²) in [5, 5.41) is 0. The molecule has 1 aliphatic carbocycles. The van der Waals surface area contributed by atoms with Crippen LogP contribution in [0.2, 0.25) is 0 Å². The summed E-state index contributed by atoms with van der Waals surface area (Å²) < 4.78 is 6.03. The number of hydrogen-bond donors (Lipinski definition) is 1. The number of nitrogens with zero attached hydrogens (tertiary/aromatic N) is 1. The van der Waals surface area contributed by atoms with Crippen LogP contribution in [-0.4, -0.2) is 41.8 Å². The molecule has 0 aromatic carbocycles. The van der Waals surface area contributed by atoms with Gasteiger partial charge in [-0.25, -0.2) is 0 Å². The molecule has 3 rings (SSSR count). The monoisotopic (exact) mass is 280 g/mol. The highest BCUT2D eigenvalue weighted by atomic mass is 16.5. The first-order chi connectivity index (χ1) is 9.38. The van der Waals surface area contributed by atoms with E-state index < -0.39 is 0 Å². The maximum atomic E-state index is 6.97. The molecule has 5 atom stereocenters. The third-order valence-corrected chi connectivity index (χ3v) is 6.72. The van der Waals surface area contributed by atoms with Gasteiger partial charge in [0.2, 0.25) is 0 Å². The molecule has 3 heteroatoms. The molecule has 0 radical (unpaired) electrons. The molecule has 3 fully saturated rings. The fourth-order valence-corrected chi connectivity index (χ4v) is 5.08. The second kappa shape index (κ2) is 4.96. The third-order valence-electron chi connectivity index (χ3n) is 6.72. The van der Waals surface area contributed by atoms with Gasteiger partial charge in [0.05, 0.1) is 6.10 Å². The lowest BCUT2D eigenvalue weighted by Crippen LogP contribution is -2.81. The molecule has 2 heterocycles. The molecular weight excluding hydrogens is 248 g/mol. The van der Waals surface area contributed by atoms with E-state index in [4.69, 9.17) is 10.5 Å². The van der Waals surface area contributed by atoms with E-state index in [1.165, 1.54) is 32.1 Å². The Bertz CT molecular complexity index is 360. The first kappa shape index (κ1) is 14.8. The van der Waals surface area contributed by atoms with Gasteiger partial charge in [-0.2, -0.15) is 0 Å². The summed E-state index contributed by atoms with van der Waals surface area (Å²) in [6.07, 6.45) is 6.84. The van der Waals surface area contributed by atoms with Gasteiger partial charge in [0.1, 0.15) is 0 Å². The summed E-state index contributed by atoms with van der Waals surface area (Å²) in [5.74, 6) is 0.563. The molecule has 2 saturated heterocycles. The summed E-state index contributed by atoms with van der Waals surface area (Å²) >= 11 is 0. The lowest BCUT2D eigenvalue weighted by molar-refractivity contribution is -0.235. The Balaban J connectivity index is 1.77. The zero-order valence-electron chi connectivity index (χ0n) is 13.7. The van der Waals surface area contributed by atoms with Crippen molar-refractivity contribution in [2.24, 2.45) is 17.1 Å². The second-order valence-corrected chi connectivity index (χ2v) is 8.10.